The molecule has 0 bridgehead atoms. The van der Waals surface area contributed by atoms with Crippen LogP contribution in [0, 0.1) is 0 Å². The second-order valence-corrected chi connectivity index (χ2v) is 4.13. The van der Waals surface area contributed by atoms with E-state index in [0.717, 1.165) is 42.6 Å². The Hall–Kier alpha value is -0.520. The van der Waals surface area contributed by atoms with Crippen molar-refractivity contribution in [2.24, 2.45) is 0 Å². The molecule has 0 aliphatic heterocycles. The molecule has 0 saturated carbocycles. The lowest BCUT2D eigenvalue weighted by Crippen LogP contribution is -2.04. The Kier molecular flexibility index (Phi) is 5.66. The summed E-state index contributed by atoms with van der Waals surface area (Å²) >= 11 is 1.65. The van der Waals surface area contributed by atoms with Crippen LogP contribution in [0.15, 0.2) is 0 Å². The van der Waals surface area contributed by atoms with Crippen LogP contribution in [0.3, 0.4) is 0 Å². The summed E-state index contributed by atoms with van der Waals surface area (Å²) in [4.78, 5) is 0. The predicted molar refractivity (Wildman–Crippen MR) is 57.5 cm³/mol. The fourth-order valence-corrected chi connectivity index (χ4v) is 1.86. The van der Waals surface area contributed by atoms with E-state index in [-0.39, 0.29) is 0 Å². The molecule has 1 rings (SSSR count). The number of rotatable bonds is 7. The zero-order chi connectivity index (χ0) is 10.2. The van der Waals surface area contributed by atoms with Crippen molar-refractivity contribution in [3.05, 3.63) is 10.0 Å². The molecule has 1 N–H and O–H groups in total. The number of ether oxygens (including phenoxy) is 1. The smallest absolute Gasteiger partial charge is 0.131 e. The number of hydrogen-bond acceptors (Lipinski definition) is 5. The van der Waals surface area contributed by atoms with Gasteiger partial charge in [-0.1, -0.05) is 6.92 Å². The van der Waals surface area contributed by atoms with Crippen LogP contribution in [0.2, 0.25) is 0 Å². The number of aromatic nitrogens is 2. The van der Waals surface area contributed by atoms with Crippen molar-refractivity contribution in [3.63, 3.8) is 0 Å². The zero-order valence-electron chi connectivity index (χ0n) is 8.75. The van der Waals surface area contributed by atoms with Gasteiger partial charge in [-0.15, -0.1) is 21.5 Å². The highest BCUT2D eigenvalue weighted by molar-refractivity contribution is 7.11. The number of hydrogen-bond donors (Lipinski definition) is 1. The van der Waals surface area contributed by atoms with Crippen molar-refractivity contribution in [3.8, 4) is 0 Å². The van der Waals surface area contributed by atoms with Crippen LogP contribution in [0.4, 0.5) is 0 Å². The molecule has 5 heteroatoms. The molecular formula is C9H17N3OS. The van der Waals surface area contributed by atoms with E-state index in [1.807, 2.05) is 7.05 Å². The normalized spacial score (nSPS) is 10.7. The van der Waals surface area contributed by atoms with Crippen LogP contribution < -0.4 is 5.32 Å². The maximum absolute atomic E-state index is 5.38. The van der Waals surface area contributed by atoms with Crippen molar-refractivity contribution in [1.82, 2.24) is 15.5 Å². The Bertz CT molecular complexity index is 252. The van der Waals surface area contributed by atoms with E-state index in [9.17, 15) is 0 Å². The number of nitrogens with zero attached hydrogens (tertiary/aromatic N) is 2. The molecule has 0 aromatic carbocycles. The first-order valence-corrected chi connectivity index (χ1v) is 5.72. The van der Waals surface area contributed by atoms with E-state index >= 15 is 0 Å². The standard InChI is InChI=1S/C9H17N3OS/c1-3-5-13-6-4-8-11-12-9(14-8)7-10-2/h10H,3-7H2,1-2H3. The summed E-state index contributed by atoms with van der Waals surface area (Å²) < 4.78 is 5.38. The van der Waals surface area contributed by atoms with E-state index in [1.165, 1.54) is 0 Å². The highest BCUT2D eigenvalue weighted by atomic mass is 32.1. The van der Waals surface area contributed by atoms with Crippen LogP contribution >= 0.6 is 11.3 Å². The minimum absolute atomic E-state index is 0.752. The van der Waals surface area contributed by atoms with Gasteiger partial charge in [0.1, 0.15) is 10.0 Å². The molecule has 0 unspecified atom stereocenters. The van der Waals surface area contributed by atoms with E-state index in [2.05, 4.69) is 22.4 Å². The first-order valence-electron chi connectivity index (χ1n) is 4.90. The largest absolute Gasteiger partial charge is 0.381 e. The maximum atomic E-state index is 5.38. The second kappa shape index (κ2) is 6.86. The van der Waals surface area contributed by atoms with E-state index < -0.39 is 0 Å². The molecule has 0 radical (unpaired) electrons. The summed E-state index contributed by atoms with van der Waals surface area (Å²) in [6, 6.07) is 0. The van der Waals surface area contributed by atoms with Crippen molar-refractivity contribution < 1.29 is 4.74 Å². The van der Waals surface area contributed by atoms with Crippen LogP contribution in [-0.2, 0) is 17.7 Å². The molecule has 1 heterocycles. The lowest BCUT2D eigenvalue weighted by Gasteiger charge is -1.98. The lowest BCUT2D eigenvalue weighted by atomic mass is 10.5. The average molecular weight is 215 g/mol. The molecular weight excluding hydrogens is 198 g/mol. The molecule has 0 spiro atoms. The quantitative estimate of drug-likeness (QED) is 0.695. The van der Waals surface area contributed by atoms with E-state index in [1.54, 1.807) is 11.3 Å². The lowest BCUT2D eigenvalue weighted by molar-refractivity contribution is 0.138. The first-order chi connectivity index (χ1) is 6.86. The van der Waals surface area contributed by atoms with Gasteiger partial charge in [0.15, 0.2) is 0 Å². The molecule has 0 aliphatic rings. The third-order valence-electron chi connectivity index (χ3n) is 1.65. The second-order valence-electron chi connectivity index (χ2n) is 2.98. The molecule has 0 amide bonds. The average Bonchev–Trinajstić information content (AvgIpc) is 2.61. The first kappa shape index (κ1) is 11.6. The molecule has 0 atom stereocenters. The predicted octanol–water partition coefficient (Wildman–Crippen LogP) is 1.23. The van der Waals surface area contributed by atoms with Gasteiger partial charge in [-0.25, -0.2) is 0 Å². The van der Waals surface area contributed by atoms with Gasteiger partial charge in [-0.2, -0.15) is 0 Å². The zero-order valence-corrected chi connectivity index (χ0v) is 9.56. The van der Waals surface area contributed by atoms with Crippen LogP contribution in [-0.4, -0.2) is 30.5 Å². The molecule has 1 aromatic heterocycles. The summed E-state index contributed by atoms with van der Waals surface area (Å²) in [5.74, 6) is 0. The summed E-state index contributed by atoms with van der Waals surface area (Å²) in [6.07, 6.45) is 1.95. The van der Waals surface area contributed by atoms with E-state index in [0.29, 0.717) is 0 Å². The Morgan fingerprint density at radius 1 is 1.29 bits per heavy atom. The molecule has 14 heavy (non-hydrogen) atoms. The van der Waals surface area contributed by atoms with Crippen molar-refractivity contribution in [1.29, 1.82) is 0 Å². The van der Waals surface area contributed by atoms with Gasteiger partial charge in [-0.3, -0.25) is 0 Å². The Morgan fingerprint density at radius 3 is 2.79 bits per heavy atom. The third-order valence-corrected chi connectivity index (χ3v) is 2.63. The minimum Gasteiger partial charge on any atom is -0.381 e. The fraction of sp³-hybridized carbons (Fsp3) is 0.778. The van der Waals surface area contributed by atoms with Gasteiger partial charge >= 0.3 is 0 Å². The van der Waals surface area contributed by atoms with Crippen molar-refractivity contribution in [2.45, 2.75) is 26.3 Å². The number of nitrogens with one attached hydrogen (secondary N) is 1. The van der Waals surface area contributed by atoms with Gasteiger partial charge in [0, 0.05) is 19.6 Å². The topological polar surface area (TPSA) is 47.0 Å². The van der Waals surface area contributed by atoms with Crippen LogP contribution in [0.1, 0.15) is 23.4 Å². The fourth-order valence-electron chi connectivity index (χ4n) is 1.02. The van der Waals surface area contributed by atoms with Gasteiger partial charge in [0.05, 0.1) is 6.61 Å². The highest BCUT2D eigenvalue weighted by Gasteiger charge is 2.02. The molecule has 80 valence electrons. The van der Waals surface area contributed by atoms with Gasteiger partial charge in [-0.05, 0) is 13.5 Å². The Morgan fingerprint density at radius 2 is 2.07 bits per heavy atom. The third kappa shape index (κ3) is 4.13. The summed E-state index contributed by atoms with van der Waals surface area (Å²) in [5, 5.41) is 13.3. The Labute approximate surface area is 88.7 Å². The van der Waals surface area contributed by atoms with Crippen LogP contribution in [0.5, 0.6) is 0 Å². The summed E-state index contributed by atoms with van der Waals surface area (Å²) in [6.45, 7) is 4.49. The molecule has 0 saturated heterocycles. The summed E-state index contributed by atoms with van der Waals surface area (Å²) in [5.41, 5.74) is 0. The molecule has 4 nitrogen and oxygen atoms in total. The van der Waals surface area contributed by atoms with E-state index in [4.69, 9.17) is 4.74 Å². The van der Waals surface area contributed by atoms with Gasteiger partial charge in [0.2, 0.25) is 0 Å². The highest BCUT2D eigenvalue weighted by Crippen LogP contribution is 2.09. The SMILES string of the molecule is CCCOCCc1nnc(CNC)s1. The monoisotopic (exact) mass is 215 g/mol. The molecule has 0 fully saturated rings. The van der Waals surface area contributed by atoms with Gasteiger partial charge < -0.3 is 10.1 Å². The molecule has 0 aliphatic carbocycles. The van der Waals surface area contributed by atoms with Crippen molar-refractivity contribution in [2.75, 3.05) is 20.3 Å². The van der Waals surface area contributed by atoms with Crippen LogP contribution in [0.25, 0.3) is 0 Å². The Balaban J connectivity index is 2.22. The minimum atomic E-state index is 0.752. The maximum Gasteiger partial charge on any atom is 0.131 e. The summed E-state index contributed by atoms with van der Waals surface area (Å²) in [7, 11) is 1.91. The van der Waals surface area contributed by atoms with Gasteiger partial charge in [0.25, 0.3) is 0 Å². The molecule has 1 aromatic rings. The van der Waals surface area contributed by atoms with Crippen molar-refractivity contribution >= 4 is 11.3 Å².